The van der Waals surface area contributed by atoms with Crippen LogP contribution in [0.2, 0.25) is 36.3 Å². The highest BCUT2D eigenvalue weighted by Crippen LogP contribution is 2.37. The Kier molecular flexibility index (Phi) is 23.8. The third-order valence-electron chi connectivity index (χ3n) is 8.44. The molecule has 0 saturated heterocycles. The fraction of sp³-hybridized carbons (Fsp3) is 0.824. The van der Waals surface area contributed by atoms with Gasteiger partial charge in [-0.1, -0.05) is 41.5 Å². The molecule has 0 N–H and O–H groups in total. The molecular formula is C34H64I2O10Si2. The first-order valence-electron chi connectivity index (χ1n) is 17.0. The van der Waals surface area contributed by atoms with Crippen LogP contribution in [0.5, 0.6) is 11.5 Å². The van der Waals surface area contributed by atoms with E-state index < -0.39 is 16.6 Å². The number of benzene rings is 1. The molecule has 48 heavy (non-hydrogen) atoms. The van der Waals surface area contributed by atoms with Crippen molar-refractivity contribution in [2.45, 2.75) is 77.8 Å². The van der Waals surface area contributed by atoms with Gasteiger partial charge in [-0.05, 0) is 93.6 Å². The van der Waals surface area contributed by atoms with Gasteiger partial charge in [0.2, 0.25) is 0 Å². The summed E-state index contributed by atoms with van der Waals surface area (Å²) in [6.07, 6.45) is 0. The molecule has 0 spiro atoms. The molecule has 1 rings (SSSR count). The van der Waals surface area contributed by atoms with Gasteiger partial charge in [0.1, 0.15) is 24.7 Å². The van der Waals surface area contributed by atoms with Crippen molar-refractivity contribution in [3.05, 3.63) is 19.3 Å². The van der Waals surface area contributed by atoms with Crippen molar-refractivity contribution >= 4 is 61.8 Å². The molecule has 0 aromatic heterocycles. The summed E-state index contributed by atoms with van der Waals surface area (Å²) in [6, 6.07) is 3.96. The van der Waals surface area contributed by atoms with Crippen LogP contribution in [-0.2, 0) is 37.3 Å². The number of halogens is 2. The Labute approximate surface area is 320 Å². The summed E-state index contributed by atoms with van der Waals surface area (Å²) < 4.78 is 59.7. The van der Waals surface area contributed by atoms with Gasteiger partial charge >= 0.3 is 0 Å². The van der Waals surface area contributed by atoms with Gasteiger partial charge in [-0.15, -0.1) is 0 Å². The minimum Gasteiger partial charge on any atom is -0.490 e. The van der Waals surface area contributed by atoms with Crippen LogP contribution in [0.15, 0.2) is 12.1 Å². The Morgan fingerprint density at radius 2 is 0.646 bits per heavy atom. The van der Waals surface area contributed by atoms with Crippen LogP contribution >= 0.6 is 45.2 Å². The molecule has 282 valence electrons. The molecule has 0 saturated carbocycles. The summed E-state index contributed by atoms with van der Waals surface area (Å²) in [5, 5.41) is 0.425. The molecule has 0 fully saturated rings. The first kappa shape index (κ1) is 46.4. The van der Waals surface area contributed by atoms with E-state index in [4.69, 9.17) is 46.7 Å². The number of hydrogen-bond donors (Lipinski definition) is 0. The zero-order valence-electron chi connectivity index (χ0n) is 31.3. The van der Waals surface area contributed by atoms with E-state index in [0.717, 1.165) is 18.6 Å². The molecule has 1 aromatic rings. The first-order valence-corrected chi connectivity index (χ1v) is 24.9. The van der Waals surface area contributed by atoms with E-state index in [0.29, 0.717) is 106 Å². The van der Waals surface area contributed by atoms with Gasteiger partial charge in [0.05, 0.1) is 99.6 Å². The van der Waals surface area contributed by atoms with E-state index in [1.807, 2.05) is 12.1 Å². The zero-order valence-corrected chi connectivity index (χ0v) is 37.6. The molecule has 0 bridgehead atoms. The maximum absolute atomic E-state index is 6.11. The summed E-state index contributed by atoms with van der Waals surface area (Å²) in [5.74, 6) is 1.62. The molecule has 0 unspecified atom stereocenters. The van der Waals surface area contributed by atoms with Crippen molar-refractivity contribution in [1.82, 2.24) is 0 Å². The van der Waals surface area contributed by atoms with E-state index in [1.54, 1.807) is 0 Å². The minimum absolute atomic E-state index is 0.213. The van der Waals surface area contributed by atoms with Crippen LogP contribution in [0.4, 0.5) is 0 Å². The molecule has 0 atom stereocenters. The standard InChI is InChI=1S/C34H64I2O10Si2/c1-33(2,3)47(7,8)45-25-21-41-17-13-37-11-15-39-19-23-43-31-27-30(36)32(28-29(31)35)44-24-20-40-16-12-38-14-18-42-22-26-46-48(9,10)34(4,5)6/h27-28H,11-26H2,1-10H3. The van der Waals surface area contributed by atoms with Crippen LogP contribution in [0.3, 0.4) is 0 Å². The summed E-state index contributed by atoms with van der Waals surface area (Å²) in [5.41, 5.74) is 0. The van der Waals surface area contributed by atoms with Crippen LogP contribution in [0.1, 0.15) is 41.5 Å². The van der Waals surface area contributed by atoms with Crippen molar-refractivity contribution in [3.63, 3.8) is 0 Å². The average Bonchev–Trinajstić information content (AvgIpc) is 2.98. The summed E-state index contributed by atoms with van der Waals surface area (Å²) in [6.45, 7) is 31.0. The van der Waals surface area contributed by atoms with Gasteiger partial charge < -0.3 is 46.7 Å². The largest absolute Gasteiger partial charge is 0.490 e. The lowest BCUT2D eigenvalue weighted by molar-refractivity contribution is 0.00410. The van der Waals surface area contributed by atoms with Crippen molar-refractivity contribution in [3.8, 4) is 11.5 Å². The predicted octanol–water partition coefficient (Wildman–Crippen LogP) is 7.80. The topological polar surface area (TPSA) is 92.3 Å². The summed E-state index contributed by atoms with van der Waals surface area (Å²) in [7, 11) is -3.42. The van der Waals surface area contributed by atoms with Gasteiger partial charge in [-0.3, -0.25) is 0 Å². The molecule has 1 aromatic carbocycles. The first-order chi connectivity index (χ1) is 22.5. The van der Waals surface area contributed by atoms with Gasteiger partial charge in [0.15, 0.2) is 16.6 Å². The van der Waals surface area contributed by atoms with Gasteiger partial charge in [-0.25, -0.2) is 0 Å². The molecule has 0 aliphatic carbocycles. The third kappa shape index (κ3) is 20.4. The maximum atomic E-state index is 6.11. The molecule has 0 radical (unpaired) electrons. The molecule has 14 heteroatoms. The second-order valence-electron chi connectivity index (χ2n) is 14.3. The van der Waals surface area contributed by atoms with E-state index >= 15 is 0 Å². The molecule has 0 aliphatic heterocycles. The Bertz CT molecular complexity index is 910. The molecule has 0 aliphatic rings. The highest BCUT2D eigenvalue weighted by molar-refractivity contribution is 14.1. The zero-order chi connectivity index (χ0) is 36.1. The molecular weight excluding hydrogens is 878 g/mol. The lowest BCUT2D eigenvalue weighted by Crippen LogP contribution is -2.41. The Morgan fingerprint density at radius 1 is 0.417 bits per heavy atom. The fourth-order valence-electron chi connectivity index (χ4n) is 3.38. The van der Waals surface area contributed by atoms with Crippen molar-refractivity contribution < 1.29 is 46.7 Å². The van der Waals surface area contributed by atoms with E-state index in [2.05, 4.69) is 113 Å². The van der Waals surface area contributed by atoms with Crippen LogP contribution < -0.4 is 9.47 Å². The van der Waals surface area contributed by atoms with Gasteiger partial charge in [-0.2, -0.15) is 0 Å². The average molecular weight is 943 g/mol. The van der Waals surface area contributed by atoms with Gasteiger partial charge in [0, 0.05) is 0 Å². The highest BCUT2D eigenvalue weighted by Gasteiger charge is 2.37. The van der Waals surface area contributed by atoms with Crippen LogP contribution in [0, 0.1) is 7.14 Å². The smallest absolute Gasteiger partial charge is 0.192 e. The Balaban J connectivity index is 2.02. The second kappa shape index (κ2) is 24.6. The molecule has 0 heterocycles. The summed E-state index contributed by atoms with van der Waals surface area (Å²) >= 11 is 4.52. The summed E-state index contributed by atoms with van der Waals surface area (Å²) in [4.78, 5) is 0. The number of rotatable bonds is 28. The monoisotopic (exact) mass is 942 g/mol. The van der Waals surface area contributed by atoms with E-state index in [-0.39, 0.29) is 10.1 Å². The highest BCUT2D eigenvalue weighted by atomic mass is 127. The minimum atomic E-state index is -1.71. The van der Waals surface area contributed by atoms with Crippen molar-refractivity contribution in [2.75, 3.05) is 106 Å². The van der Waals surface area contributed by atoms with E-state index in [9.17, 15) is 0 Å². The third-order valence-corrected chi connectivity index (χ3v) is 19.2. The van der Waals surface area contributed by atoms with Gasteiger partial charge in [0.25, 0.3) is 0 Å². The molecule has 0 amide bonds. The predicted molar refractivity (Wildman–Crippen MR) is 214 cm³/mol. The second-order valence-corrected chi connectivity index (χ2v) is 26.2. The lowest BCUT2D eigenvalue weighted by atomic mass is 10.2. The normalized spacial score (nSPS) is 12.9. The van der Waals surface area contributed by atoms with Crippen LogP contribution in [-0.4, -0.2) is 122 Å². The molecule has 10 nitrogen and oxygen atoms in total. The van der Waals surface area contributed by atoms with E-state index in [1.165, 1.54) is 0 Å². The number of hydrogen-bond acceptors (Lipinski definition) is 10. The maximum Gasteiger partial charge on any atom is 0.192 e. The lowest BCUT2D eigenvalue weighted by Gasteiger charge is -2.36. The quantitative estimate of drug-likeness (QED) is 0.0471. The Hall–Kier alpha value is 0.394. The fourth-order valence-corrected chi connectivity index (χ4v) is 6.62. The Morgan fingerprint density at radius 3 is 0.896 bits per heavy atom. The van der Waals surface area contributed by atoms with Crippen molar-refractivity contribution in [2.24, 2.45) is 0 Å². The SMILES string of the molecule is CC(C)(C)[Si](C)(C)OCCOCCOCCOCCOc1cc(I)c(OCCOCCOCCOCCO[Si](C)(C)C(C)(C)C)cc1I. The van der Waals surface area contributed by atoms with Crippen LogP contribution in [0.25, 0.3) is 0 Å². The number of ether oxygens (including phenoxy) is 8. The van der Waals surface area contributed by atoms with Crippen molar-refractivity contribution in [1.29, 1.82) is 0 Å².